The van der Waals surface area contributed by atoms with E-state index in [1.807, 2.05) is 12.1 Å². The Morgan fingerprint density at radius 1 is 1.50 bits per heavy atom. The fourth-order valence-electron chi connectivity index (χ4n) is 1.46. The highest BCUT2D eigenvalue weighted by atomic mass is 35.5. The third-order valence-electron chi connectivity index (χ3n) is 2.33. The Labute approximate surface area is 94.7 Å². The number of hydrogen-bond donors (Lipinski definition) is 1. The first-order valence-corrected chi connectivity index (χ1v) is 4.74. The van der Waals surface area contributed by atoms with Crippen molar-refractivity contribution in [2.45, 2.75) is 0 Å². The third kappa shape index (κ3) is 2.29. The molecule has 0 aliphatic carbocycles. The molecule has 1 aliphatic rings. The molecule has 0 unspecified atom stereocenters. The predicted octanol–water partition coefficient (Wildman–Crippen LogP) is 1.55. The lowest BCUT2D eigenvalue weighted by atomic mass is 10.0. The molecule has 3 nitrogen and oxygen atoms in total. The number of aromatic nitrogens is 1. The van der Waals surface area contributed by atoms with E-state index in [1.165, 1.54) is 0 Å². The van der Waals surface area contributed by atoms with Crippen molar-refractivity contribution in [1.29, 1.82) is 0 Å². The highest BCUT2D eigenvalue weighted by molar-refractivity contribution is 6.30. The predicted molar refractivity (Wildman–Crippen MR) is 61.3 cm³/mol. The first-order valence-electron chi connectivity index (χ1n) is 4.36. The molecule has 2 N–H and O–H groups in total. The van der Waals surface area contributed by atoms with Crippen molar-refractivity contribution in [3.63, 3.8) is 0 Å². The van der Waals surface area contributed by atoms with Crippen LogP contribution in [-0.2, 0) is 0 Å². The zero-order chi connectivity index (χ0) is 9.26. The summed E-state index contributed by atoms with van der Waals surface area (Å²) in [4.78, 5) is 6.42. The summed E-state index contributed by atoms with van der Waals surface area (Å²) in [5, 5.41) is 0.680. The van der Waals surface area contributed by atoms with Crippen molar-refractivity contribution in [1.82, 2.24) is 4.98 Å². The number of hydrogen-bond acceptors (Lipinski definition) is 3. The van der Waals surface area contributed by atoms with Gasteiger partial charge < -0.3 is 10.6 Å². The highest BCUT2D eigenvalue weighted by Gasteiger charge is 2.25. The van der Waals surface area contributed by atoms with Crippen LogP contribution in [0.3, 0.4) is 0 Å². The number of nitrogens with two attached hydrogens (primary N) is 1. The van der Waals surface area contributed by atoms with Gasteiger partial charge in [0.25, 0.3) is 0 Å². The molecular formula is C9H13Cl2N3. The van der Waals surface area contributed by atoms with E-state index < -0.39 is 0 Å². The summed E-state index contributed by atoms with van der Waals surface area (Å²) >= 11 is 5.73. The molecule has 5 heteroatoms. The zero-order valence-corrected chi connectivity index (χ0v) is 9.26. The maximum Gasteiger partial charge on any atom is 0.128 e. The van der Waals surface area contributed by atoms with Gasteiger partial charge in [-0.05, 0) is 18.7 Å². The molecule has 0 radical (unpaired) electrons. The van der Waals surface area contributed by atoms with Gasteiger partial charge in [0, 0.05) is 25.2 Å². The summed E-state index contributed by atoms with van der Waals surface area (Å²) in [5.74, 6) is 1.63. The molecule has 2 heterocycles. The van der Waals surface area contributed by atoms with Crippen LogP contribution in [0.5, 0.6) is 0 Å². The Bertz CT molecular complexity index is 283. The molecule has 0 atom stereocenters. The maximum absolute atomic E-state index is 5.73. The van der Waals surface area contributed by atoms with Crippen LogP contribution < -0.4 is 10.6 Å². The van der Waals surface area contributed by atoms with Crippen molar-refractivity contribution in [2.24, 2.45) is 11.7 Å². The molecule has 2 rings (SSSR count). The number of anilines is 1. The van der Waals surface area contributed by atoms with Gasteiger partial charge in [-0.2, -0.15) is 0 Å². The van der Waals surface area contributed by atoms with E-state index in [1.54, 1.807) is 6.20 Å². The molecule has 1 fully saturated rings. The van der Waals surface area contributed by atoms with E-state index in [0.717, 1.165) is 25.5 Å². The molecule has 0 bridgehead atoms. The highest BCUT2D eigenvalue weighted by Crippen LogP contribution is 2.22. The number of nitrogens with zero attached hydrogens (tertiary/aromatic N) is 2. The topological polar surface area (TPSA) is 42.1 Å². The van der Waals surface area contributed by atoms with Gasteiger partial charge in [-0.1, -0.05) is 11.6 Å². The van der Waals surface area contributed by atoms with Crippen LogP contribution in [0.4, 0.5) is 5.82 Å². The average Bonchev–Trinajstić information content (AvgIpc) is 2.06. The van der Waals surface area contributed by atoms with Crippen molar-refractivity contribution in [2.75, 3.05) is 24.5 Å². The van der Waals surface area contributed by atoms with Crippen LogP contribution in [0.15, 0.2) is 18.3 Å². The molecule has 14 heavy (non-hydrogen) atoms. The summed E-state index contributed by atoms with van der Waals surface area (Å²) in [6.07, 6.45) is 1.67. The SMILES string of the molecule is Cl.NCC1CN(c2ccc(Cl)cn2)C1. The lowest BCUT2D eigenvalue weighted by molar-refractivity contribution is 0.417. The second-order valence-electron chi connectivity index (χ2n) is 3.34. The van der Waals surface area contributed by atoms with Gasteiger partial charge in [0.1, 0.15) is 5.82 Å². The first kappa shape index (κ1) is 11.6. The van der Waals surface area contributed by atoms with E-state index in [2.05, 4.69) is 9.88 Å². The number of rotatable bonds is 2. The van der Waals surface area contributed by atoms with Crippen LogP contribution in [0.1, 0.15) is 0 Å². The summed E-state index contributed by atoms with van der Waals surface area (Å²) in [7, 11) is 0. The fraction of sp³-hybridized carbons (Fsp3) is 0.444. The van der Waals surface area contributed by atoms with Crippen molar-refractivity contribution >= 4 is 29.8 Å². The molecule has 0 spiro atoms. The van der Waals surface area contributed by atoms with E-state index in [0.29, 0.717) is 10.9 Å². The lowest BCUT2D eigenvalue weighted by Crippen LogP contribution is -2.50. The Morgan fingerprint density at radius 2 is 2.21 bits per heavy atom. The molecule has 0 amide bonds. The van der Waals surface area contributed by atoms with Gasteiger partial charge in [-0.25, -0.2) is 4.98 Å². The smallest absolute Gasteiger partial charge is 0.128 e. The molecular weight excluding hydrogens is 221 g/mol. The fourth-order valence-corrected chi connectivity index (χ4v) is 1.57. The van der Waals surface area contributed by atoms with Crippen molar-refractivity contribution in [3.05, 3.63) is 23.4 Å². The maximum atomic E-state index is 5.73. The van der Waals surface area contributed by atoms with Gasteiger partial charge in [0.05, 0.1) is 5.02 Å². The molecule has 1 aromatic rings. The molecule has 1 aliphatic heterocycles. The monoisotopic (exact) mass is 233 g/mol. The van der Waals surface area contributed by atoms with Gasteiger partial charge in [-0.3, -0.25) is 0 Å². The lowest BCUT2D eigenvalue weighted by Gasteiger charge is -2.39. The summed E-state index contributed by atoms with van der Waals surface area (Å²) < 4.78 is 0. The van der Waals surface area contributed by atoms with E-state index in [4.69, 9.17) is 17.3 Å². The largest absolute Gasteiger partial charge is 0.356 e. The van der Waals surface area contributed by atoms with Gasteiger partial charge in [-0.15, -0.1) is 12.4 Å². The summed E-state index contributed by atoms with van der Waals surface area (Å²) in [5.41, 5.74) is 5.53. The zero-order valence-electron chi connectivity index (χ0n) is 7.69. The van der Waals surface area contributed by atoms with Crippen molar-refractivity contribution < 1.29 is 0 Å². The first-order chi connectivity index (χ1) is 6.29. The molecule has 1 aromatic heterocycles. The van der Waals surface area contributed by atoms with Crippen LogP contribution in [-0.4, -0.2) is 24.6 Å². The number of halogens is 2. The Morgan fingerprint density at radius 3 is 2.71 bits per heavy atom. The minimum atomic E-state index is 0. The van der Waals surface area contributed by atoms with E-state index >= 15 is 0 Å². The molecule has 1 saturated heterocycles. The van der Waals surface area contributed by atoms with E-state index in [9.17, 15) is 0 Å². The summed E-state index contributed by atoms with van der Waals surface area (Å²) in [6.45, 7) is 2.81. The minimum Gasteiger partial charge on any atom is -0.356 e. The van der Waals surface area contributed by atoms with Crippen LogP contribution >= 0.6 is 24.0 Å². The van der Waals surface area contributed by atoms with Gasteiger partial charge in [0.2, 0.25) is 0 Å². The Hall–Kier alpha value is -0.510. The summed E-state index contributed by atoms with van der Waals surface area (Å²) in [6, 6.07) is 3.80. The molecule has 78 valence electrons. The Balaban J connectivity index is 0.000000980. The van der Waals surface area contributed by atoms with E-state index in [-0.39, 0.29) is 12.4 Å². The van der Waals surface area contributed by atoms with Gasteiger partial charge in [0.15, 0.2) is 0 Å². The minimum absolute atomic E-state index is 0. The normalized spacial score (nSPS) is 16.0. The van der Waals surface area contributed by atoms with Crippen molar-refractivity contribution in [3.8, 4) is 0 Å². The molecule has 0 saturated carbocycles. The van der Waals surface area contributed by atoms with Crippen LogP contribution in [0, 0.1) is 5.92 Å². The second-order valence-corrected chi connectivity index (χ2v) is 3.78. The number of pyridine rings is 1. The van der Waals surface area contributed by atoms with Crippen LogP contribution in [0.25, 0.3) is 0 Å². The third-order valence-corrected chi connectivity index (χ3v) is 2.55. The second kappa shape index (κ2) is 4.82. The quantitative estimate of drug-likeness (QED) is 0.844. The average molecular weight is 234 g/mol. The van der Waals surface area contributed by atoms with Gasteiger partial charge >= 0.3 is 0 Å². The van der Waals surface area contributed by atoms with Crippen LogP contribution in [0.2, 0.25) is 5.02 Å². The standard InChI is InChI=1S/C9H12ClN3.ClH/c10-8-1-2-9(12-4-8)13-5-7(3-11)6-13;/h1-2,4,7H,3,5-6,11H2;1H. The molecule has 0 aromatic carbocycles. The Kier molecular flexibility index (Phi) is 3.98.